The number of aromatic carboxylic acids is 1. The van der Waals surface area contributed by atoms with E-state index in [1.165, 1.54) is 18.3 Å². The molecule has 0 unspecified atom stereocenters. The summed E-state index contributed by atoms with van der Waals surface area (Å²) in [5.74, 6) is -1.40. The zero-order chi connectivity index (χ0) is 14.0. The first-order valence-corrected chi connectivity index (χ1v) is 5.49. The molecule has 0 radical (unpaired) electrons. The van der Waals surface area contributed by atoms with Crippen molar-refractivity contribution in [2.24, 2.45) is 0 Å². The van der Waals surface area contributed by atoms with Crippen LogP contribution in [-0.4, -0.2) is 16.1 Å². The number of hydrogen-bond acceptors (Lipinski definition) is 4. The van der Waals surface area contributed by atoms with Crippen molar-refractivity contribution in [2.45, 2.75) is 6.92 Å². The summed E-state index contributed by atoms with van der Waals surface area (Å²) in [7, 11) is 0. The number of pyridine rings is 1. The lowest BCUT2D eigenvalue weighted by Gasteiger charge is -2.10. The van der Waals surface area contributed by atoms with E-state index in [1.54, 1.807) is 19.1 Å². The average molecular weight is 261 g/mol. The fourth-order valence-electron chi connectivity index (χ4n) is 1.57. The minimum atomic E-state index is -1.14. The van der Waals surface area contributed by atoms with Gasteiger partial charge in [-0.15, -0.1) is 0 Å². The maximum absolute atomic E-state index is 13.4. The van der Waals surface area contributed by atoms with Gasteiger partial charge in [-0.3, -0.25) is 0 Å². The highest BCUT2D eigenvalue weighted by atomic mass is 19.1. The van der Waals surface area contributed by atoms with Crippen molar-refractivity contribution in [3.63, 3.8) is 0 Å². The molecule has 0 fully saturated rings. The molecule has 0 spiro atoms. The smallest absolute Gasteiger partial charge is 0.338 e. The molecule has 98 valence electrons. The van der Waals surface area contributed by atoms with Crippen molar-refractivity contribution >= 4 is 23.2 Å². The minimum Gasteiger partial charge on any atom is -0.478 e. The molecule has 6 heteroatoms. The predicted molar refractivity (Wildman–Crippen MR) is 70.0 cm³/mol. The van der Waals surface area contributed by atoms with Crippen LogP contribution in [0, 0.1) is 12.7 Å². The van der Waals surface area contributed by atoms with Gasteiger partial charge in [0, 0.05) is 5.69 Å². The minimum absolute atomic E-state index is 0.0199. The number of aryl methyl sites for hydroxylation is 1. The first-order chi connectivity index (χ1) is 8.97. The highest BCUT2D eigenvalue weighted by Crippen LogP contribution is 2.23. The van der Waals surface area contributed by atoms with Gasteiger partial charge in [0.05, 0.1) is 17.4 Å². The number of carboxylic acid groups (broad SMARTS) is 1. The molecule has 5 nitrogen and oxygen atoms in total. The maximum Gasteiger partial charge on any atom is 0.338 e. The van der Waals surface area contributed by atoms with Crippen molar-refractivity contribution in [3.05, 3.63) is 47.4 Å². The molecule has 0 aliphatic carbocycles. The molecule has 0 aliphatic heterocycles. The van der Waals surface area contributed by atoms with Gasteiger partial charge in [0.2, 0.25) is 0 Å². The summed E-state index contributed by atoms with van der Waals surface area (Å²) in [5, 5.41) is 11.9. The van der Waals surface area contributed by atoms with Crippen molar-refractivity contribution in [2.75, 3.05) is 11.1 Å². The highest BCUT2D eigenvalue weighted by Gasteiger charge is 2.12. The van der Waals surface area contributed by atoms with E-state index in [4.69, 9.17) is 10.8 Å². The number of nitrogen functional groups attached to an aromatic ring is 1. The van der Waals surface area contributed by atoms with Gasteiger partial charge in [-0.05, 0) is 30.7 Å². The molecule has 2 aromatic rings. The zero-order valence-corrected chi connectivity index (χ0v) is 10.1. The Kier molecular flexibility index (Phi) is 3.33. The molecule has 0 aliphatic rings. The summed E-state index contributed by atoms with van der Waals surface area (Å²) in [6, 6.07) is 5.79. The molecule has 1 heterocycles. The van der Waals surface area contributed by atoms with Crippen molar-refractivity contribution in [1.29, 1.82) is 0 Å². The number of hydrogen-bond donors (Lipinski definition) is 3. The van der Waals surface area contributed by atoms with E-state index in [0.29, 0.717) is 11.3 Å². The molecule has 0 saturated heterocycles. The lowest BCUT2D eigenvalue weighted by atomic mass is 10.2. The van der Waals surface area contributed by atoms with Crippen LogP contribution in [0.2, 0.25) is 0 Å². The molecule has 0 amide bonds. The summed E-state index contributed by atoms with van der Waals surface area (Å²) < 4.78 is 13.4. The molecule has 1 aromatic heterocycles. The van der Waals surface area contributed by atoms with Gasteiger partial charge in [0.25, 0.3) is 0 Å². The summed E-state index contributed by atoms with van der Waals surface area (Å²) in [6.45, 7) is 1.65. The van der Waals surface area contributed by atoms with Crippen LogP contribution in [0.4, 0.5) is 21.6 Å². The Morgan fingerprint density at radius 3 is 2.79 bits per heavy atom. The van der Waals surface area contributed by atoms with E-state index in [2.05, 4.69) is 10.3 Å². The number of nitrogens with one attached hydrogen (secondary N) is 1. The van der Waals surface area contributed by atoms with Gasteiger partial charge < -0.3 is 16.2 Å². The Labute approximate surface area is 108 Å². The lowest BCUT2D eigenvalue weighted by molar-refractivity contribution is 0.0698. The summed E-state index contributed by atoms with van der Waals surface area (Å²) >= 11 is 0. The number of aromatic nitrogens is 1. The number of anilines is 3. The standard InChI is InChI=1S/C13H12FN3O2/c1-7-2-3-8(4-10(7)14)17-11-6-16-12(15)5-9(11)13(18)19/h2-6,17H,1H3,(H2,15,16)(H,18,19). The molecule has 0 bridgehead atoms. The predicted octanol–water partition coefficient (Wildman–Crippen LogP) is 2.55. The van der Waals surface area contributed by atoms with E-state index in [-0.39, 0.29) is 22.9 Å². The number of carboxylic acids is 1. The van der Waals surface area contributed by atoms with Gasteiger partial charge in [0.15, 0.2) is 0 Å². The fraction of sp³-hybridized carbons (Fsp3) is 0.0769. The monoisotopic (exact) mass is 261 g/mol. The van der Waals surface area contributed by atoms with Gasteiger partial charge in [0.1, 0.15) is 11.6 Å². The van der Waals surface area contributed by atoms with E-state index in [1.807, 2.05) is 0 Å². The molecule has 1 aromatic carbocycles. The quantitative estimate of drug-likeness (QED) is 0.790. The summed E-state index contributed by atoms with van der Waals surface area (Å²) in [5.41, 5.74) is 6.63. The van der Waals surface area contributed by atoms with E-state index >= 15 is 0 Å². The second-order valence-corrected chi connectivity index (χ2v) is 4.05. The molecule has 4 N–H and O–H groups in total. The number of benzene rings is 1. The summed E-state index contributed by atoms with van der Waals surface area (Å²) in [6.07, 6.45) is 1.30. The van der Waals surface area contributed by atoms with E-state index in [0.717, 1.165) is 0 Å². The number of halogens is 1. The third-order valence-electron chi connectivity index (χ3n) is 2.61. The van der Waals surface area contributed by atoms with Crippen molar-refractivity contribution in [1.82, 2.24) is 4.98 Å². The molecule has 19 heavy (non-hydrogen) atoms. The number of carbonyl (C=O) groups is 1. The topological polar surface area (TPSA) is 88.2 Å². The van der Waals surface area contributed by atoms with Gasteiger partial charge in [-0.2, -0.15) is 0 Å². The second-order valence-electron chi connectivity index (χ2n) is 4.05. The van der Waals surface area contributed by atoms with Gasteiger partial charge in [-0.25, -0.2) is 14.2 Å². The van der Waals surface area contributed by atoms with Crippen molar-refractivity contribution in [3.8, 4) is 0 Å². The van der Waals surface area contributed by atoms with Crippen molar-refractivity contribution < 1.29 is 14.3 Å². The summed E-state index contributed by atoms with van der Waals surface area (Å²) in [4.78, 5) is 14.9. The van der Waals surface area contributed by atoms with Crippen LogP contribution in [0.15, 0.2) is 30.5 Å². The fourth-order valence-corrected chi connectivity index (χ4v) is 1.57. The Balaban J connectivity index is 2.37. The largest absolute Gasteiger partial charge is 0.478 e. The highest BCUT2D eigenvalue weighted by molar-refractivity contribution is 5.95. The lowest BCUT2D eigenvalue weighted by Crippen LogP contribution is -2.05. The normalized spacial score (nSPS) is 10.2. The molecule has 2 rings (SSSR count). The van der Waals surface area contributed by atoms with Crippen LogP contribution in [0.5, 0.6) is 0 Å². The van der Waals surface area contributed by atoms with Gasteiger partial charge in [-0.1, -0.05) is 6.07 Å². The Morgan fingerprint density at radius 2 is 2.16 bits per heavy atom. The maximum atomic E-state index is 13.4. The third-order valence-corrected chi connectivity index (χ3v) is 2.61. The van der Waals surface area contributed by atoms with Crippen LogP contribution >= 0.6 is 0 Å². The average Bonchev–Trinajstić information content (AvgIpc) is 2.36. The molecule has 0 saturated carbocycles. The first kappa shape index (κ1) is 12.8. The van der Waals surface area contributed by atoms with Gasteiger partial charge >= 0.3 is 5.97 Å². The third kappa shape index (κ3) is 2.79. The molecular formula is C13H12FN3O2. The van der Waals surface area contributed by atoms with Crippen LogP contribution in [-0.2, 0) is 0 Å². The molecular weight excluding hydrogens is 249 g/mol. The Morgan fingerprint density at radius 1 is 1.42 bits per heavy atom. The van der Waals surface area contributed by atoms with Crippen LogP contribution in [0.1, 0.15) is 15.9 Å². The molecule has 0 atom stereocenters. The number of rotatable bonds is 3. The van der Waals surface area contributed by atoms with E-state index in [9.17, 15) is 9.18 Å². The van der Waals surface area contributed by atoms with Crippen LogP contribution in [0.3, 0.4) is 0 Å². The van der Waals surface area contributed by atoms with Crippen LogP contribution < -0.4 is 11.1 Å². The Hall–Kier alpha value is -2.63. The SMILES string of the molecule is Cc1ccc(Nc2cnc(N)cc2C(=O)O)cc1F. The zero-order valence-electron chi connectivity index (χ0n) is 10.1. The van der Waals surface area contributed by atoms with E-state index < -0.39 is 5.97 Å². The first-order valence-electron chi connectivity index (χ1n) is 5.49. The number of nitrogens with two attached hydrogens (primary N) is 1. The van der Waals surface area contributed by atoms with Crippen LogP contribution in [0.25, 0.3) is 0 Å². The second kappa shape index (κ2) is 4.93. The number of nitrogens with zero attached hydrogens (tertiary/aromatic N) is 1. The Bertz CT molecular complexity index is 644.